The van der Waals surface area contributed by atoms with Crippen molar-refractivity contribution in [2.24, 2.45) is 0 Å². The molecule has 0 aliphatic carbocycles. The monoisotopic (exact) mass is 392 g/mol. The molecular formula is C12H7Br2ClOS. The maximum absolute atomic E-state index is 12.3. The van der Waals surface area contributed by atoms with E-state index in [4.69, 9.17) is 11.6 Å². The van der Waals surface area contributed by atoms with Crippen LogP contribution in [-0.2, 0) is 0 Å². The number of ketones is 1. The number of aryl methyl sites for hydroxylation is 1. The quantitative estimate of drug-likeness (QED) is 0.618. The highest BCUT2D eigenvalue weighted by molar-refractivity contribution is 9.13. The van der Waals surface area contributed by atoms with Crippen molar-refractivity contribution in [1.82, 2.24) is 0 Å². The van der Waals surface area contributed by atoms with Gasteiger partial charge in [0.25, 0.3) is 0 Å². The van der Waals surface area contributed by atoms with Crippen molar-refractivity contribution in [3.63, 3.8) is 0 Å². The van der Waals surface area contributed by atoms with E-state index in [-0.39, 0.29) is 5.78 Å². The van der Waals surface area contributed by atoms with Crippen LogP contribution in [0.4, 0.5) is 0 Å². The third kappa shape index (κ3) is 2.65. The second kappa shape index (κ2) is 5.22. The first kappa shape index (κ1) is 13.3. The maximum Gasteiger partial charge on any atom is 0.204 e. The van der Waals surface area contributed by atoms with E-state index in [1.54, 1.807) is 18.2 Å². The molecule has 17 heavy (non-hydrogen) atoms. The van der Waals surface area contributed by atoms with Crippen LogP contribution in [0.5, 0.6) is 0 Å². The Labute approximate surface area is 125 Å². The zero-order valence-corrected chi connectivity index (χ0v) is 13.5. The summed E-state index contributed by atoms with van der Waals surface area (Å²) >= 11 is 14.1. The lowest BCUT2D eigenvalue weighted by molar-refractivity contribution is 0.104. The van der Waals surface area contributed by atoms with Gasteiger partial charge in [-0.05, 0) is 62.5 Å². The van der Waals surface area contributed by atoms with E-state index in [0.29, 0.717) is 15.5 Å². The first-order valence-electron chi connectivity index (χ1n) is 4.74. The number of benzene rings is 1. The number of hydrogen-bond donors (Lipinski definition) is 0. The minimum atomic E-state index is 0.0155. The van der Waals surface area contributed by atoms with Gasteiger partial charge < -0.3 is 0 Å². The second-order valence-electron chi connectivity index (χ2n) is 3.52. The van der Waals surface area contributed by atoms with Crippen LogP contribution in [0.3, 0.4) is 0 Å². The number of carbonyl (C=O) groups is 1. The van der Waals surface area contributed by atoms with E-state index in [2.05, 4.69) is 31.9 Å². The molecule has 88 valence electrons. The van der Waals surface area contributed by atoms with E-state index in [9.17, 15) is 4.79 Å². The summed E-state index contributed by atoms with van der Waals surface area (Å²) < 4.78 is 1.71. The second-order valence-corrected chi connectivity index (χ2v) is 6.48. The Bertz CT molecular complexity index is 592. The molecule has 0 atom stereocenters. The fourth-order valence-corrected chi connectivity index (χ4v) is 3.81. The van der Waals surface area contributed by atoms with Crippen LogP contribution >= 0.6 is 54.8 Å². The van der Waals surface area contributed by atoms with Gasteiger partial charge in [0.1, 0.15) is 0 Å². The molecule has 0 amide bonds. The number of hydrogen-bond acceptors (Lipinski definition) is 2. The van der Waals surface area contributed by atoms with Gasteiger partial charge in [-0.3, -0.25) is 4.79 Å². The summed E-state index contributed by atoms with van der Waals surface area (Å²) in [4.78, 5) is 13.0. The first-order valence-corrected chi connectivity index (χ1v) is 7.58. The van der Waals surface area contributed by atoms with Gasteiger partial charge in [0.15, 0.2) is 0 Å². The zero-order valence-electron chi connectivity index (χ0n) is 8.76. The predicted octanol–water partition coefficient (Wildman–Crippen LogP) is 5.47. The van der Waals surface area contributed by atoms with E-state index in [0.717, 1.165) is 14.5 Å². The lowest BCUT2D eigenvalue weighted by Gasteiger charge is -2.04. The molecule has 5 heteroatoms. The molecule has 1 aromatic carbocycles. The average Bonchev–Trinajstić information content (AvgIpc) is 2.59. The molecule has 0 saturated heterocycles. The summed E-state index contributed by atoms with van der Waals surface area (Å²) in [5.74, 6) is 0.0155. The van der Waals surface area contributed by atoms with Crippen LogP contribution in [0.25, 0.3) is 0 Å². The Morgan fingerprint density at radius 1 is 1.35 bits per heavy atom. The maximum atomic E-state index is 12.3. The smallest absolute Gasteiger partial charge is 0.204 e. The summed E-state index contributed by atoms with van der Waals surface area (Å²) in [7, 11) is 0. The Kier molecular flexibility index (Phi) is 4.08. The largest absolute Gasteiger partial charge is 0.288 e. The number of carbonyl (C=O) groups excluding carboxylic acids is 1. The number of thiophene rings is 1. The van der Waals surface area contributed by atoms with Crippen LogP contribution in [0, 0.1) is 6.92 Å². The van der Waals surface area contributed by atoms with Crippen molar-refractivity contribution in [1.29, 1.82) is 0 Å². The van der Waals surface area contributed by atoms with E-state index in [1.807, 2.05) is 12.3 Å². The third-order valence-electron chi connectivity index (χ3n) is 2.33. The topological polar surface area (TPSA) is 17.1 Å². The minimum absolute atomic E-state index is 0.0155. The number of halogens is 3. The van der Waals surface area contributed by atoms with Crippen molar-refractivity contribution in [3.8, 4) is 0 Å². The summed E-state index contributed by atoms with van der Waals surface area (Å²) in [5, 5.41) is 2.54. The van der Waals surface area contributed by atoms with Gasteiger partial charge in [-0.1, -0.05) is 11.6 Å². The van der Waals surface area contributed by atoms with Gasteiger partial charge in [0.2, 0.25) is 5.78 Å². The fraction of sp³-hybridized carbons (Fsp3) is 0.0833. The van der Waals surface area contributed by atoms with Crippen molar-refractivity contribution >= 4 is 60.6 Å². The molecule has 1 nitrogen and oxygen atoms in total. The van der Waals surface area contributed by atoms with E-state index < -0.39 is 0 Å². The van der Waals surface area contributed by atoms with Gasteiger partial charge in [-0.2, -0.15) is 0 Å². The minimum Gasteiger partial charge on any atom is -0.288 e. The van der Waals surface area contributed by atoms with Gasteiger partial charge >= 0.3 is 0 Å². The van der Waals surface area contributed by atoms with Crippen molar-refractivity contribution < 1.29 is 4.79 Å². The highest BCUT2D eigenvalue weighted by atomic mass is 79.9. The van der Waals surface area contributed by atoms with Gasteiger partial charge in [0.05, 0.1) is 9.35 Å². The molecule has 0 spiro atoms. The highest BCUT2D eigenvalue weighted by Gasteiger charge is 2.18. The molecule has 0 saturated carbocycles. The molecule has 1 aromatic heterocycles. The third-order valence-corrected chi connectivity index (χ3v) is 6.09. The molecule has 0 aliphatic rings. The van der Waals surface area contributed by atoms with Crippen LogP contribution in [-0.4, -0.2) is 5.78 Å². The molecule has 0 unspecified atom stereocenters. The predicted molar refractivity (Wildman–Crippen MR) is 79.3 cm³/mol. The molecular weight excluding hydrogens is 387 g/mol. The summed E-state index contributed by atoms with van der Waals surface area (Å²) in [6.45, 7) is 1.88. The summed E-state index contributed by atoms with van der Waals surface area (Å²) in [6, 6.07) is 5.30. The van der Waals surface area contributed by atoms with Crippen molar-refractivity contribution in [2.75, 3.05) is 0 Å². The first-order chi connectivity index (χ1) is 8.00. The lowest BCUT2D eigenvalue weighted by atomic mass is 10.0. The summed E-state index contributed by atoms with van der Waals surface area (Å²) in [5.41, 5.74) is 1.57. The standard InChI is InChI=1S/C12H7Br2ClOS/c1-6-4-7(15)2-3-8(6)11(16)12-10(14)9(13)5-17-12/h2-5H,1H3. The van der Waals surface area contributed by atoms with Gasteiger partial charge in [-0.15, -0.1) is 11.3 Å². The Balaban J connectivity index is 2.47. The van der Waals surface area contributed by atoms with Crippen LogP contribution in [0.1, 0.15) is 20.8 Å². The Morgan fingerprint density at radius 3 is 2.59 bits per heavy atom. The van der Waals surface area contributed by atoms with Gasteiger partial charge in [-0.25, -0.2) is 0 Å². The Hall–Kier alpha value is -0.160. The van der Waals surface area contributed by atoms with E-state index in [1.165, 1.54) is 11.3 Å². The SMILES string of the molecule is Cc1cc(Cl)ccc1C(=O)c1scc(Br)c1Br. The highest BCUT2D eigenvalue weighted by Crippen LogP contribution is 2.34. The molecule has 2 rings (SSSR count). The van der Waals surface area contributed by atoms with Crippen LogP contribution < -0.4 is 0 Å². The van der Waals surface area contributed by atoms with Gasteiger partial charge in [0, 0.05) is 20.4 Å². The average molecular weight is 395 g/mol. The molecule has 0 radical (unpaired) electrons. The summed E-state index contributed by atoms with van der Waals surface area (Å²) in [6.07, 6.45) is 0. The lowest BCUT2D eigenvalue weighted by Crippen LogP contribution is -2.02. The molecule has 2 aromatic rings. The van der Waals surface area contributed by atoms with Crippen LogP contribution in [0.15, 0.2) is 32.5 Å². The number of rotatable bonds is 2. The molecule has 0 fully saturated rings. The fourth-order valence-electron chi connectivity index (χ4n) is 1.48. The zero-order chi connectivity index (χ0) is 12.6. The molecule has 0 aliphatic heterocycles. The van der Waals surface area contributed by atoms with E-state index >= 15 is 0 Å². The van der Waals surface area contributed by atoms with Crippen LogP contribution in [0.2, 0.25) is 5.02 Å². The van der Waals surface area contributed by atoms with Crippen molar-refractivity contribution in [2.45, 2.75) is 6.92 Å². The Morgan fingerprint density at radius 2 is 2.06 bits per heavy atom. The molecule has 0 N–H and O–H groups in total. The molecule has 1 heterocycles. The molecule has 0 bridgehead atoms. The normalized spacial score (nSPS) is 10.6. The van der Waals surface area contributed by atoms with Crippen molar-refractivity contribution in [3.05, 3.63) is 53.6 Å².